The first kappa shape index (κ1) is 11.6. The molecule has 2 aliphatic carbocycles. The summed E-state index contributed by atoms with van der Waals surface area (Å²) in [6, 6.07) is 0.0238. The largest absolute Gasteiger partial charge is 0.348 e. The van der Waals surface area contributed by atoms with Crippen molar-refractivity contribution in [2.75, 3.05) is 0 Å². The van der Waals surface area contributed by atoms with E-state index < -0.39 is 0 Å². The highest BCUT2D eigenvalue weighted by molar-refractivity contribution is 5.80. The van der Waals surface area contributed by atoms with Crippen LogP contribution in [0.5, 0.6) is 0 Å². The fraction of sp³-hybridized carbons (Fsp3) is 0.750. The Kier molecular flexibility index (Phi) is 2.81. The maximum Gasteiger partial charge on any atom is 0.225 e. The van der Waals surface area contributed by atoms with Crippen LogP contribution in [0.4, 0.5) is 0 Å². The van der Waals surface area contributed by atoms with Crippen LogP contribution >= 0.6 is 0 Å². The summed E-state index contributed by atoms with van der Waals surface area (Å²) in [5, 5.41) is 6.61. The molecule has 0 spiro atoms. The van der Waals surface area contributed by atoms with E-state index >= 15 is 0 Å². The van der Waals surface area contributed by atoms with Crippen molar-refractivity contribution in [3.63, 3.8) is 0 Å². The van der Waals surface area contributed by atoms with Gasteiger partial charge in [0.2, 0.25) is 11.8 Å². The van der Waals surface area contributed by atoms with Gasteiger partial charge in [-0.1, -0.05) is 5.16 Å². The second-order valence-corrected chi connectivity index (χ2v) is 5.38. The Hall–Kier alpha value is -1.43. The number of carbonyl (C=O) groups is 1. The molecule has 1 heterocycles. The van der Waals surface area contributed by atoms with Crippen molar-refractivity contribution in [1.82, 2.24) is 15.5 Å². The highest BCUT2D eigenvalue weighted by Gasteiger charge is 2.48. The van der Waals surface area contributed by atoms with Gasteiger partial charge < -0.3 is 15.6 Å². The zero-order valence-electron chi connectivity index (χ0n) is 10.4. The number of hydrogen-bond acceptors (Lipinski definition) is 5. The number of fused-ring (bicyclic) bond motifs is 2. The summed E-state index contributed by atoms with van der Waals surface area (Å²) in [7, 11) is 0. The van der Waals surface area contributed by atoms with E-state index in [0.717, 1.165) is 12.8 Å². The first-order valence-corrected chi connectivity index (χ1v) is 6.47. The molecule has 3 N–H and O–H groups in total. The lowest BCUT2D eigenvalue weighted by atomic mass is 9.84. The number of carbonyl (C=O) groups excluding carboxylic acids is 1. The third kappa shape index (κ3) is 1.90. The third-order valence-electron chi connectivity index (χ3n) is 4.27. The van der Waals surface area contributed by atoms with E-state index in [1.807, 2.05) is 0 Å². The normalized spacial score (nSPS) is 33.9. The summed E-state index contributed by atoms with van der Waals surface area (Å²) in [5.74, 6) is 2.04. The van der Waals surface area contributed by atoms with Crippen molar-refractivity contribution in [1.29, 1.82) is 0 Å². The number of rotatable bonds is 3. The van der Waals surface area contributed by atoms with Gasteiger partial charge in [-0.15, -0.1) is 0 Å². The number of amides is 1. The van der Waals surface area contributed by atoms with E-state index in [4.69, 9.17) is 10.3 Å². The molecule has 0 radical (unpaired) electrons. The van der Waals surface area contributed by atoms with E-state index in [9.17, 15) is 4.79 Å². The third-order valence-corrected chi connectivity index (χ3v) is 4.27. The molecule has 1 aromatic rings. The Morgan fingerprint density at radius 1 is 1.50 bits per heavy atom. The summed E-state index contributed by atoms with van der Waals surface area (Å²) < 4.78 is 4.86. The van der Waals surface area contributed by atoms with E-state index in [2.05, 4.69) is 15.5 Å². The van der Waals surface area contributed by atoms with Crippen LogP contribution in [0.25, 0.3) is 0 Å². The van der Waals surface area contributed by atoms with Gasteiger partial charge in [0, 0.05) is 13.0 Å². The average Bonchev–Trinajstić information content (AvgIpc) is 3.02. The van der Waals surface area contributed by atoms with Gasteiger partial charge in [0.15, 0.2) is 5.82 Å². The molecular weight excluding hydrogens is 232 g/mol. The van der Waals surface area contributed by atoms with E-state index in [1.165, 1.54) is 6.42 Å². The fourth-order valence-corrected chi connectivity index (χ4v) is 3.42. The van der Waals surface area contributed by atoms with Gasteiger partial charge >= 0.3 is 0 Å². The van der Waals surface area contributed by atoms with Crippen molar-refractivity contribution in [3.05, 3.63) is 11.7 Å². The van der Waals surface area contributed by atoms with Crippen LogP contribution in [0.15, 0.2) is 4.52 Å². The van der Waals surface area contributed by atoms with Crippen LogP contribution in [-0.2, 0) is 11.3 Å². The summed E-state index contributed by atoms with van der Waals surface area (Å²) in [4.78, 5) is 16.2. The van der Waals surface area contributed by atoms with E-state index in [0.29, 0.717) is 30.1 Å². The molecule has 0 aliphatic heterocycles. The highest BCUT2D eigenvalue weighted by atomic mass is 16.5. The minimum Gasteiger partial charge on any atom is -0.348 e. The lowest BCUT2D eigenvalue weighted by Crippen LogP contribution is -2.45. The molecule has 6 nitrogen and oxygen atoms in total. The minimum absolute atomic E-state index is 0.0238. The van der Waals surface area contributed by atoms with Gasteiger partial charge in [0.25, 0.3) is 0 Å². The lowest BCUT2D eigenvalue weighted by Gasteiger charge is -2.26. The molecule has 1 amide bonds. The van der Waals surface area contributed by atoms with Crippen LogP contribution in [-0.4, -0.2) is 22.1 Å². The Labute approximate surface area is 105 Å². The topological polar surface area (TPSA) is 94.0 Å². The van der Waals surface area contributed by atoms with Crippen LogP contribution in [0, 0.1) is 24.7 Å². The molecule has 1 aromatic heterocycles. The molecule has 18 heavy (non-hydrogen) atoms. The zero-order chi connectivity index (χ0) is 12.7. The number of nitrogens with zero attached hydrogens (tertiary/aromatic N) is 2. The molecule has 4 atom stereocenters. The molecular formula is C12H18N4O2. The smallest absolute Gasteiger partial charge is 0.225 e. The second kappa shape index (κ2) is 4.35. The zero-order valence-corrected chi connectivity index (χ0v) is 10.4. The first-order valence-electron chi connectivity index (χ1n) is 6.47. The number of aromatic nitrogens is 2. The van der Waals surface area contributed by atoms with Crippen molar-refractivity contribution >= 4 is 5.91 Å². The van der Waals surface area contributed by atoms with Crippen molar-refractivity contribution in [2.24, 2.45) is 23.5 Å². The maximum atomic E-state index is 12.1. The number of aryl methyl sites for hydroxylation is 1. The molecule has 98 valence electrons. The first-order chi connectivity index (χ1) is 8.65. The SMILES string of the molecule is Cc1nc(CNC(=O)C2C3CCC(C3)C2N)no1. The summed E-state index contributed by atoms with van der Waals surface area (Å²) in [6.07, 6.45) is 3.43. The van der Waals surface area contributed by atoms with Crippen molar-refractivity contribution in [3.8, 4) is 0 Å². The van der Waals surface area contributed by atoms with Gasteiger partial charge in [-0.3, -0.25) is 4.79 Å². The van der Waals surface area contributed by atoms with Gasteiger partial charge in [-0.2, -0.15) is 4.98 Å². The number of nitrogens with two attached hydrogens (primary N) is 1. The van der Waals surface area contributed by atoms with E-state index in [-0.39, 0.29) is 17.9 Å². The Balaban J connectivity index is 1.59. The maximum absolute atomic E-state index is 12.1. The van der Waals surface area contributed by atoms with Crippen LogP contribution < -0.4 is 11.1 Å². The Morgan fingerprint density at radius 2 is 2.28 bits per heavy atom. The number of hydrogen-bond donors (Lipinski definition) is 2. The van der Waals surface area contributed by atoms with Crippen LogP contribution in [0.1, 0.15) is 31.0 Å². The number of nitrogens with one attached hydrogen (secondary N) is 1. The predicted octanol–water partition coefficient (Wildman–Crippen LogP) is 0.368. The summed E-state index contributed by atoms with van der Waals surface area (Å²) in [5.41, 5.74) is 6.13. The molecule has 2 fully saturated rings. The molecule has 2 aliphatic rings. The van der Waals surface area contributed by atoms with Gasteiger partial charge in [-0.25, -0.2) is 0 Å². The van der Waals surface area contributed by atoms with Gasteiger partial charge in [0.1, 0.15) is 0 Å². The average molecular weight is 250 g/mol. The minimum atomic E-state index is -0.0308. The lowest BCUT2D eigenvalue weighted by molar-refractivity contribution is -0.127. The fourth-order valence-electron chi connectivity index (χ4n) is 3.42. The van der Waals surface area contributed by atoms with Crippen LogP contribution in [0.2, 0.25) is 0 Å². The van der Waals surface area contributed by atoms with Gasteiger partial charge in [-0.05, 0) is 31.1 Å². The second-order valence-electron chi connectivity index (χ2n) is 5.38. The van der Waals surface area contributed by atoms with Crippen LogP contribution in [0.3, 0.4) is 0 Å². The Bertz CT molecular complexity index is 457. The molecule has 6 heteroatoms. The molecule has 2 bridgehead atoms. The summed E-state index contributed by atoms with van der Waals surface area (Å²) in [6.45, 7) is 2.04. The molecule has 3 rings (SSSR count). The highest BCUT2D eigenvalue weighted by Crippen LogP contribution is 2.47. The summed E-state index contributed by atoms with van der Waals surface area (Å²) >= 11 is 0. The standard InChI is InChI=1S/C12H18N4O2/c1-6-15-9(16-18-6)5-14-12(17)10-7-2-3-8(4-7)11(10)13/h7-8,10-11H,2-5,13H2,1H3,(H,14,17). The molecule has 4 unspecified atom stereocenters. The molecule has 0 aromatic carbocycles. The van der Waals surface area contributed by atoms with Crippen molar-refractivity contribution in [2.45, 2.75) is 38.8 Å². The molecule has 0 saturated heterocycles. The van der Waals surface area contributed by atoms with Crippen molar-refractivity contribution < 1.29 is 9.32 Å². The Morgan fingerprint density at radius 3 is 2.89 bits per heavy atom. The van der Waals surface area contributed by atoms with E-state index in [1.54, 1.807) is 6.92 Å². The van der Waals surface area contributed by atoms with Gasteiger partial charge in [0.05, 0.1) is 12.5 Å². The molecule has 2 saturated carbocycles. The quantitative estimate of drug-likeness (QED) is 0.808. The predicted molar refractivity (Wildman–Crippen MR) is 63.2 cm³/mol. The monoisotopic (exact) mass is 250 g/mol.